The van der Waals surface area contributed by atoms with Crippen LogP contribution in [0.5, 0.6) is 5.75 Å². The summed E-state index contributed by atoms with van der Waals surface area (Å²) >= 11 is 0. The van der Waals surface area contributed by atoms with Gasteiger partial charge in [0.15, 0.2) is 5.96 Å². The van der Waals surface area contributed by atoms with Crippen LogP contribution in [0.2, 0.25) is 0 Å². The van der Waals surface area contributed by atoms with Crippen molar-refractivity contribution in [3.05, 3.63) is 29.8 Å². The molecule has 0 saturated heterocycles. The van der Waals surface area contributed by atoms with E-state index in [4.69, 9.17) is 10.5 Å². The Morgan fingerprint density at radius 2 is 1.90 bits per heavy atom. The van der Waals surface area contributed by atoms with Crippen LogP contribution in [0.3, 0.4) is 0 Å². The number of nitrogens with two attached hydrogens (primary N) is 1. The molecule has 3 N–H and O–H groups in total. The summed E-state index contributed by atoms with van der Waals surface area (Å²) in [5.74, 6) is 1.42. The van der Waals surface area contributed by atoms with Gasteiger partial charge >= 0.3 is 0 Å². The zero-order chi connectivity index (χ0) is 14.4. The average Bonchev–Trinajstić information content (AvgIpc) is 2.48. The van der Waals surface area contributed by atoms with Gasteiger partial charge in [0.25, 0.3) is 0 Å². The van der Waals surface area contributed by atoms with Crippen LogP contribution in [0.4, 0.5) is 0 Å². The molecule has 1 unspecified atom stereocenters. The number of guanidine groups is 1. The van der Waals surface area contributed by atoms with E-state index in [0.29, 0.717) is 12.0 Å². The molecule has 0 bridgehead atoms. The molecule has 4 nitrogen and oxygen atoms in total. The molecule has 1 fully saturated rings. The lowest BCUT2D eigenvalue weighted by Gasteiger charge is -2.20. The van der Waals surface area contributed by atoms with Crippen LogP contribution in [-0.2, 0) is 0 Å². The number of aliphatic imine (C=N–C) groups is 1. The molecule has 0 spiro atoms. The third-order valence-electron chi connectivity index (χ3n) is 3.88. The van der Waals surface area contributed by atoms with Gasteiger partial charge in [-0.2, -0.15) is 0 Å². The van der Waals surface area contributed by atoms with E-state index in [-0.39, 0.29) is 6.04 Å². The molecule has 0 amide bonds. The zero-order valence-corrected chi connectivity index (χ0v) is 12.4. The number of benzene rings is 1. The molecule has 1 atom stereocenters. The van der Waals surface area contributed by atoms with Crippen LogP contribution < -0.4 is 15.8 Å². The molecule has 0 heterocycles. The van der Waals surface area contributed by atoms with Gasteiger partial charge in [-0.1, -0.05) is 31.4 Å². The SMILES string of the molecule is COc1ccc(C(C)NC(N)=NC2CCCCC2)cc1. The minimum Gasteiger partial charge on any atom is -0.497 e. The van der Waals surface area contributed by atoms with Crippen molar-refractivity contribution < 1.29 is 4.74 Å². The summed E-state index contributed by atoms with van der Waals surface area (Å²) in [7, 11) is 1.67. The maximum Gasteiger partial charge on any atom is 0.189 e. The standard InChI is InChI=1S/C16H25N3O/c1-12(13-8-10-15(20-2)11-9-13)18-16(17)19-14-6-4-3-5-7-14/h8-12,14H,3-7H2,1-2H3,(H3,17,18,19). The van der Waals surface area contributed by atoms with Crippen molar-refractivity contribution in [1.82, 2.24) is 5.32 Å². The number of hydrogen-bond donors (Lipinski definition) is 2. The molecular formula is C16H25N3O. The summed E-state index contributed by atoms with van der Waals surface area (Å²) in [6, 6.07) is 8.56. The molecular weight excluding hydrogens is 250 g/mol. The third kappa shape index (κ3) is 4.15. The number of ether oxygens (including phenoxy) is 1. The van der Waals surface area contributed by atoms with Crippen molar-refractivity contribution >= 4 is 5.96 Å². The Morgan fingerprint density at radius 1 is 1.25 bits per heavy atom. The predicted molar refractivity (Wildman–Crippen MR) is 83.0 cm³/mol. The lowest BCUT2D eigenvalue weighted by molar-refractivity contribution is 0.414. The summed E-state index contributed by atoms with van der Waals surface area (Å²) < 4.78 is 5.16. The molecule has 1 aliphatic carbocycles. The van der Waals surface area contributed by atoms with Crippen LogP contribution in [0, 0.1) is 0 Å². The Hall–Kier alpha value is -1.71. The average molecular weight is 275 g/mol. The quantitative estimate of drug-likeness (QED) is 0.656. The molecule has 0 aromatic heterocycles. The number of rotatable bonds is 4. The Bertz CT molecular complexity index is 436. The van der Waals surface area contributed by atoms with E-state index in [0.717, 1.165) is 5.75 Å². The summed E-state index contributed by atoms with van der Waals surface area (Å²) in [4.78, 5) is 4.59. The van der Waals surface area contributed by atoms with Crippen LogP contribution in [0.15, 0.2) is 29.3 Å². The van der Waals surface area contributed by atoms with E-state index >= 15 is 0 Å². The maximum atomic E-state index is 6.01. The van der Waals surface area contributed by atoms with Crippen molar-refractivity contribution in [3.8, 4) is 5.75 Å². The smallest absolute Gasteiger partial charge is 0.189 e. The highest BCUT2D eigenvalue weighted by atomic mass is 16.5. The molecule has 110 valence electrons. The van der Waals surface area contributed by atoms with Crippen molar-refractivity contribution in [2.24, 2.45) is 10.7 Å². The number of nitrogens with one attached hydrogen (secondary N) is 1. The van der Waals surface area contributed by atoms with Gasteiger partial charge in [-0.3, -0.25) is 4.99 Å². The third-order valence-corrected chi connectivity index (χ3v) is 3.88. The second-order valence-electron chi connectivity index (χ2n) is 5.45. The van der Waals surface area contributed by atoms with Gasteiger partial charge in [-0.25, -0.2) is 0 Å². The van der Waals surface area contributed by atoms with Crippen LogP contribution in [0.1, 0.15) is 50.6 Å². The molecule has 20 heavy (non-hydrogen) atoms. The lowest BCUT2D eigenvalue weighted by atomic mass is 9.96. The highest BCUT2D eigenvalue weighted by Crippen LogP contribution is 2.20. The molecule has 2 rings (SSSR count). The molecule has 0 aliphatic heterocycles. The molecule has 1 aliphatic rings. The van der Waals surface area contributed by atoms with Crippen molar-refractivity contribution in [3.63, 3.8) is 0 Å². The first-order valence-electron chi connectivity index (χ1n) is 7.43. The van der Waals surface area contributed by atoms with E-state index < -0.39 is 0 Å². The monoisotopic (exact) mass is 275 g/mol. The van der Waals surface area contributed by atoms with Gasteiger partial charge in [0.1, 0.15) is 5.75 Å². The molecule has 0 radical (unpaired) electrons. The van der Waals surface area contributed by atoms with Crippen molar-refractivity contribution in [2.75, 3.05) is 7.11 Å². The second kappa shape index (κ2) is 7.17. The van der Waals surface area contributed by atoms with Crippen LogP contribution in [0.25, 0.3) is 0 Å². The van der Waals surface area contributed by atoms with Gasteiger partial charge in [0.2, 0.25) is 0 Å². The first kappa shape index (κ1) is 14.7. The van der Waals surface area contributed by atoms with Crippen molar-refractivity contribution in [1.29, 1.82) is 0 Å². The zero-order valence-electron chi connectivity index (χ0n) is 12.4. The summed E-state index contributed by atoms with van der Waals surface area (Å²) in [5.41, 5.74) is 7.19. The first-order valence-corrected chi connectivity index (χ1v) is 7.43. The predicted octanol–water partition coefficient (Wildman–Crippen LogP) is 2.99. The topological polar surface area (TPSA) is 59.6 Å². The Kier molecular flexibility index (Phi) is 5.27. The highest BCUT2D eigenvalue weighted by Gasteiger charge is 2.13. The molecule has 1 aromatic rings. The first-order chi connectivity index (χ1) is 9.69. The van der Waals surface area contributed by atoms with E-state index in [1.165, 1.54) is 37.7 Å². The molecule has 1 saturated carbocycles. The maximum absolute atomic E-state index is 6.01. The van der Waals surface area contributed by atoms with E-state index in [1.54, 1.807) is 7.11 Å². The fraction of sp³-hybridized carbons (Fsp3) is 0.562. The van der Waals surface area contributed by atoms with Crippen molar-refractivity contribution in [2.45, 2.75) is 51.1 Å². The minimum absolute atomic E-state index is 0.147. The normalized spacial score (nSPS) is 18.6. The summed E-state index contributed by atoms with van der Waals surface area (Å²) in [6.07, 6.45) is 6.21. The van der Waals surface area contributed by atoms with E-state index in [2.05, 4.69) is 17.2 Å². The van der Waals surface area contributed by atoms with Crippen LogP contribution >= 0.6 is 0 Å². The Labute approximate surface area is 121 Å². The van der Waals surface area contributed by atoms with Crippen LogP contribution in [-0.4, -0.2) is 19.1 Å². The van der Waals surface area contributed by atoms with E-state index in [1.807, 2.05) is 24.3 Å². The lowest BCUT2D eigenvalue weighted by Crippen LogP contribution is -2.35. The number of hydrogen-bond acceptors (Lipinski definition) is 2. The van der Waals surface area contributed by atoms with Gasteiger partial charge in [0.05, 0.1) is 19.2 Å². The molecule has 1 aromatic carbocycles. The highest BCUT2D eigenvalue weighted by molar-refractivity contribution is 5.78. The van der Waals surface area contributed by atoms with E-state index in [9.17, 15) is 0 Å². The fourth-order valence-electron chi connectivity index (χ4n) is 2.64. The van der Waals surface area contributed by atoms with Gasteiger partial charge in [0, 0.05) is 0 Å². The number of nitrogens with zero attached hydrogens (tertiary/aromatic N) is 1. The molecule has 4 heteroatoms. The Balaban J connectivity index is 1.91. The fourth-order valence-corrected chi connectivity index (χ4v) is 2.64. The minimum atomic E-state index is 0.147. The Morgan fingerprint density at radius 3 is 2.50 bits per heavy atom. The van der Waals surface area contributed by atoms with Gasteiger partial charge in [-0.05, 0) is 37.5 Å². The van der Waals surface area contributed by atoms with Gasteiger partial charge < -0.3 is 15.8 Å². The van der Waals surface area contributed by atoms with Gasteiger partial charge in [-0.15, -0.1) is 0 Å². The summed E-state index contributed by atoms with van der Waals surface area (Å²) in [6.45, 7) is 2.09. The largest absolute Gasteiger partial charge is 0.497 e. The second-order valence-corrected chi connectivity index (χ2v) is 5.45. The number of methoxy groups -OCH3 is 1. The summed E-state index contributed by atoms with van der Waals surface area (Å²) in [5, 5.41) is 3.27.